The van der Waals surface area contributed by atoms with Gasteiger partial charge in [0, 0.05) is 7.05 Å². The Morgan fingerprint density at radius 2 is 1.60 bits per heavy atom. The molecule has 0 amide bonds. The van der Waals surface area contributed by atoms with Crippen molar-refractivity contribution in [2.75, 3.05) is 0 Å². The van der Waals surface area contributed by atoms with Gasteiger partial charge < -0.3 is 4.98 Å². The number of hydrogen-bond donors (Lipinski definition) is 1. The summed E-state index contributed by atoms with van der Waals surface area (Å²) in [7, 11) is 1.75. The highest BCUT2D eigenvalue weighted by Crippen LogP contribution is 2.06. The number of aromatic nitrogens is 2. The molecule has 2 aromatic rings. The maximum absolute atomic E-state index is 11.0. The highest BCUT2D eigenvalue weighted by atomic mass is 16.1. The second-order valence-corrected chi connectivity index (χ2v) is 2.51. The quantitative estimate of drug-likeness (QED) is 0.710. The van der Waals surface area contributed by atoms with Gasteiger partial charge in [0.15, 0.2) is 0 Å². The van der Waals surface area contributed by atoms with Gasteiger partial charge in [-0.1, -0.05) is 39.8 Å². The molecule has 0 atom stereocenters. The van der Waals surface area contributed by atoms with Gasteiger partial charge in [-0.3, -0.25) is 4.57 Å². The molecule has 0 fully saturated rings. The summed E-state index contributed by atoms with van der Waals surface area (Å²) in [6.45, 7) is 8.00. The van der Waals surface area contributed by atoms with E-state index in [4.69, 9.17) is 0 Å². The minimum Gasteiger partial charge on any atom is -0.306 e. The Balaban J connectivity index is 0.000000442. The van der Waals surface area contributed by atoms with Crippen LogP contribution < -0.4 is 5.69 Å². The lowest BCUT2D eigenvalue weighted by Crippen LogP contribution is -2.11. The molecule has 0 spiro atoms. The molecule has 0 saturated carbocycles. The maximum Gasteiger partial charge on any atom is 0.326 e. The molecule has 0 bridgehead atoms. The molecule has 0 aliphatic heterocycles. The molecule has 1 aromatic carbocycles. The molecule has 2 rings (SSSR count). The van der Waals surface area contributed by atoms with Crippen LogP contribution in [0.5, 0.6) is 0 Å². The lowest BCUT2D eigenvalue weighted by molar-refractivity contribution is 0.891. The van der Waals surface area contributed by atoms with Crippen molar-refractivity contribution in [3.8, 4) is 0 Å². The molecule has 1 N–H and O–H groups in total. The van der Waals surface area contributed by atoms with Crippen molar-refractivity contribution in [1.29, 1.82) is 0 Å². The van der Waals surface area contributed by atoms with E-state index >= 15 is 0 Å². The van der Waals surface area contributed by atoms with E-state index in [1.807, 2.05) is 52.0 Å². The molecule has 0 aliphatic rings. The van der Waals surface area contributed by atoms with Crippen molar-refractivity contribution in [2.24, 2.45) is 7.05 Å². The first kappa shape index (κ1) is 13.5. The first-order chi connectivity index (χ1) is 7.29. The highest BCUT2D eigenvalue weighted by molar-refractivity contribution is 5.74. The van der Waals surface area contributed by atoms with Crippen LogP contribution in [0.3, 0.4) is 0 Å². The smallest absolute Gasteiger partial charge is 0.306 e. The monoisotopic (exact) mass is 208 g/mol. The van der Waals surface area contributed by atoms with Gasteiger partial charge in [0.25, 0.3) is 0 Å². The molecule has 0 saturated heterocycles. The van der Waals surface area contributed by atoms with Crippen LogP contribution >= 0.6 is 0 Å². The zero-order chi connectivity index (χ0) is 11.8. The number of rotatable bonds is 0. The summed E-state index contributed by atoms with van der Waals surface area (Å²) in [6.07, 6.45) is 0. The summed E-state index contributed by atoms with van der Waals surface area (Å²) in [4.78, 5) is 13.8. The summed E-state index contributed by atoms with van der Waals surface area (Å²) >= 11 is 0. The molecule has 0 radical (unpaired) electrons. The molecule has 1 aromatic heterocycles. The maximum atomic E-state index is 11.0. The predicted molar refractivity (Wildman–Crippen MR) is 66.2 cm³/mol. The van der Waals surface area contributed by atoms with Gasteiger partial charge in [-0.2, -0.15) is 0 Å². The SMILES string of the molecule is CC.CC.Cn1c(=O)[nH]c2ccccc21. The first-order valence-electron chi connectivity index (χ1n) is 5.43. The van der Waals surface area contributed by atoms with Crippen molar-refractivity contribution in [3.05, 3.63) is 34.7 Å². The van der Waals surface area contributed by atoms with E-state index in [0.29, 0.717) is 0 Å². The number of nitrogens with zero attached hydrogens (tertiary/aromatic N) is 1. The first-order valence-corrected chi connectivity index (χ1v) is 5.43. The van der Waals surface area contributed by atoms with E-state index in [0.717, 1.165) is 11.0 Å². The second-order valence-electron chi connectivity index (χ2n) is 2.51. The fourth-order valence-electron chi connectivity index (χ4n) is 1.18. The van der Waals surface area contributed by atoms with Crippen LogP contribution in [-0.2, 0) is 7.05 Å². The second kappa shape index (κ2) is 6.87. The number of aromatic amines is 1. The number of benzene rings is 1. The van der Waals surface area contributed by atoms with Crippen molar-refractivity contribution in [2.45, 2.75) is 27.7 Å². The Hall–Kier alpha value is -1.51. The van der Waals surface area contributed by atoms with Crippen molar-refractivity contribution in [3.63, 3.8) is 0 Å². The predicted octanol–water partition coefficient (Wildman–Crippen LogP) is 2.92. The lowest BCUT2D eigenvalue weighted by Gasteiger charge is -1.89. The largest absolute Gasteiger partial charge is 0.326 e. The van der Waals surface area contributed by atoms with Gasteiger partial charge >= 0.3 is 5.69 Å². The normalized spacial score (nSPS) is 8.60. The average molecular weight is 208 g/mol. The van der Waals surface area contributed by atoms with E-state index in [1.165, 1.54) is 0 Å². The summed E-state index contributed by atoms with van der Waals surface area (Å²) in [5, 5.41) is 0. The fraction of sp³-hybridized carbons (Fsp3) is 0.417. The molecular weight excluding hydrogens is 188 g/mol. The van der Waals surface area contributed by atoms with Gasteiger partial charge in [-0.25, -0.2) is 4.79 Å². The number of H-pyrrole nitrogens is 1. The van der Waals surface area contributed by atoms with Crippen LogP contribution in [-0.4, -0.2) is 9.55 Å². The van der Waals surface area contributed by atoms with E-state index in [2.05, 4.69) is 4.98 Å². The van der Waals surface area contributed by atoms with Gasteiger partial charge in [0.1, 0.15) is 0 Å². The standard InChI is InChI=1S/C8H8N2O.2C2H6/c1-10-7-5-3-2-4-6(7)9-8(10)11;2*1-2/h2-5H,1H3,(H,9,11);2*1-2H3. The third-order valence-corrected chi connectivity index (χ3v) is 1.81. The number of nitrogens with one attached hydrogen (secondary N) is 1. The minimum absolute atomic E-state index is 0.0637. The summed E-state index contributed by atoms with van der Waals surface area (Å²) in [5.74, 6) is 0. The number of fused-ring (bicyclic) bond motifs is 1. The van der Waals surface area contributed by atoms with Crippen molar-refractivity contribution in [1.82, 2.24) is 9.55 Å². The summed E-state index contributed by atoms with van der Waals surface area (Å²) < 4.78 is 1.59. The van der Waals surface area contributed by atoms with Crippen LogP contribution in [0.4, 0.5) is 0 Å². The Kier molecular flexibility index (Phi) is 6.18. The number of hydrogen-bond acceptors (Lipinski definition) is 1. The van der Waals surface area contributed by atoms with Crippen LogP contribution in [0.15, 0.2) is 29.1 Å². The van der Waals surface area contributed by atoms with Gasteiger partial charge in [0.05, 0.1) is 11.0 Å². The molecule has 15 heavy (non-hydrogen) atoms. The van der Waals surface area contributed by atoms with Crippen molar-refractivity contribution >= 4 is 11.0 Å². The average Bonchev–Trinajstić information content (AvgIpc) is 2.61. The summed E-state index contributed by atoms with van der Waals surface area (Å²) in [6, 6.07) is 7.61. The fourth-order valence-corrected chi connectivity index (χ4v) is 1.18. The molecule has 3 heteroatoms. The van der Waals surface area contributed by atoms with Crippen LogP contribution in [0, 0.1) is 0 Å². The van der Waals surface area contributed by atoms with Crippen LogP contribution in [0.2, 0.25) is 0 Å². The Morgan fingerprint density at radius 3 is 2.13 bits per heavy atom. The van der Waals surface area contributed by atoms with E-state index in [1.54, 1.807) is 11.6 Å². The Labute approximate surface area is 90.7 Å². The zero-order valence-electron chi connectivity index (χ0n) is 10.2. The Bertz CT molecular complexity index is 440. The zero-order valence-corrected chi connectivity index (χ0v) is 10.2. The van der Waals surface area contributed by atoms with Crippen LogP contribution in [0.25, 0.3) is 11.0 Å². The number of imidazole rings is 1. The van der Waals surface area contributed by atoms with Gasteiger partial charge in [-0.05, 0) is 12.1 Å². The summed E-state index contributed by atoms with van der Waals surface area (Å²) in [5.41, 5.74) is 1.77. The third-order valence-electron chi connectivity index (χ3n) is 1.81. The van der Waals surface area contributed by atoms with E-state index < -0.39 is 0 Å². The third kappa shape index (κ3) is 2.98. The van der Waals surface area contributed by atoms with E-state index in [-0.39, 0.29) is 5.69 Å². The molecule has 3 nitrogen and oxygen atoms in total. The molecular formula is C12H20N2O. The lowest BCUT2D eigenvalue weighted by atomic mass is 10.3. The van der Waals surface area contributed by atoms with Gasteiger partial charge in [-0.15, -0.1) is 0 Å². The molecule has 84 valence electrons. The van der Waals surface area contributed by atoms with Crippen LogP contribution in [0.1, 0.15) is 27.7 Å². The number of aryl methyl sites for hydroxylation is 1. The molecule has 0 aliphatic carbocycles. The molecule has 0 unspecified atom stereocenters. The Morgan fingerprint density at radius 1 is 1.07 bits per heavy atom. The minimum atomic E-state index is -0.0637. The van der Waals surface area contributed by atoms with Crippen molar-refractivity contribution < 1.29 is 0 Å². The highest BCUT2D eigenvalue weighted by Gasteiger charge is 1.98. The van der Waals surface area contributed by atoms with E-state index in [9.17, 15) is 4.79 Å². The van der Waals surface area contributed by atoms with Gasteiger partial charge in [0.2, 0.25) is 0 Å². The topological polar surface area (TPSA) is 37.8 Å². The molecule has 1 heterocycles. The number of para-hydroxylation sites is 2.